The van der Waals surface area contributed by atoms with Gasteiger partial charge in [-0.2, -0.15) is 0 Å². The van der Waals surface area contributed by atoms with Crippen LogP contribution >= 0.6 is 0 Å². The van der Waals surface area contributed by atoms with E-state index in [1.807, 2.05) is 18.2 Å². The maximum atomic E-state index is 11.8. The summed E-state index contributed by atoms with van der Waals surface area (Å²) in [5.41, 5.74) is 0.746. The Balaban J connectivity index is 1.85. The number of carbonyl (C=O) groups excluding carboxylic acids is 1. The molecule has 2 rings (SSSR count). The van der Waals surface area contributed by atoms with E-state index >= 15 is 0 Å². The smallest absolute Gasteiger partial charge is 0.226 e. The molecule has 0 saturated carbocycles. The summed E-state index contributed by atoms with van der Waals surface area (Å²) in [6.07, 6.45) is 0.414. The summed E-state index contributed by atoms with van der Waals surface area (Å²) >= 11 is 0. The van der Waals surface area contributed by atoms with Gasteiger partial charge in [0.1, 0.15) is 5.75 Å². The quantitative estimate of drug-likeness (QED) is 0.837. The van der Waals surface area contributed by atoms with Crippen molar-refractivity contribution in [2.24, 2.45) is 0 Å². The van der Waals surface area contributed by atoms with Gasteiger partial charge >= 0.3 is 0 Å². The molecular weight excluding hydrogens is 232 g/mol. The summed E-state index contributed by atoms with van der Waals surface area (Å²) < 4.78 is 10.4. The molecule has 1 amide bonds. The van der Waals surface area contributed by atoms with Gasteiger partial charge in [-0.15, -0.1) is 0 Å². The van der Waals surface area contributed by atoms with E-state index < -0.39 is 0 Å². The van der Waals surface area contributed by atoms with Gasteiger partial charge in [0.25, 0.3) is 0 Å². The second-order valence-corrected chi connectivity index (χ2v) is 4.21. The van der Waals surface area contributed by atoms with Gasteiger partial charge in [0.05, 0.1) is 20.3 Å². The zero-order valence-corrected chi connectivity index (χ0v) is 10.4. The zero-order valence-electron chi connectivity index (χ0n) is 10.4. The van der Waals surface area contributed by atoms with Crippen LogP contribution in [-0.2, 0) is 9.53 Å². The Morgan fingerprint density at radius 1 is 1.61 bits per heavy atom. The first-order chi connectivity index (χ1) is 8.78. The van der Waals surface area contributed by atoms with Crippen molar-refractivity contribution in [3.63, 3.8) is 0 Å². The van der Waals surface area contributed by atoms with Gasteiger partial charge in [0.2, 0.25) is 5.91 Å². The van der Waals surface area contributed by atoms with Crippen molar-refractivity contribution in [1.29, 1.82) is 0 Å². The number of ether oxygens (including phenoxy) is 2. The number of carbonyl (C=O) groups is 1. The number of nitrogens with one attached hydrogen (secondary N) is 2. The minimum atomic E-state index is -0.0220. The van der Waals surface area contributed by atoms with E-state index in [1.165, 1.54) is 0 Å². The number of morpholine rings is 1. The van der Waals surface area contributed by atoms with Gasteiger partial charge in [0, 0.05) is 30.8 Å². The van der Waals surface area contributed by atoms with Gasteiger partial charge in [-0.3, -0.25) is 4.79 Å². The molecule has 1 aliphatic rings. The minimum Gasteiger partial charge on any atom is -0.497 e. The van der Waals surface area contributed by atoms with Crippen molar-refractivity contribution in [1.82, 2.24) is 5.32 Å². The average molecular weight is 250 g/mol. The third kappa shape index (κ3) is 3.72. The molecule has 98 valence electrons. The Kier molecular flexibility index (Phi) is 4.55. The second kappa shape index (κ2) is 6.37. The van der Waals surface area contributed by atoms with E-state index in [2.05, 4.69) is 10.6 Å². The maximum Gasteiger partial charge on any atom is 0.226 e. The number of hydrogen-bond donors (Lipinski definition) is 2. The van der Waals surface area contributed by atoms with Crippen molar-refractivity contribution in [3.05, 3.63) is 24.3 Å². The molecule has 1 saturated heterocycles. The number of rotatable bonds is 4. The molecule has 1 aromatic carbocycles. The molecule has 18 heavy (non-hydrogen) atoms. The highest BCUT2D eigenvalue weighted by Gasteiger charge is 2.16. The lowest BCUT2D eigenvalue weighted by atomic mass is 10.2. The predicted molar refractivity (Wildman–Crippen MR) is 68.9 cm³/mol. The molecule has 1 unspecified atom stereocenters. The maximum absolute atomic E-state index is 11.8. The van der Waals surface area contributed by atoms with E-state index in [-0.39, 0.29) is 11.9 Å². The van der Waals surface area contributed by atoms with Crippen LogP contribution in [0, 0.1) is 0 Å². The van der Waals surface area contributed by atoms with Crippen molar-refractivity contribution >= 4 is 11.6 Å². The number of amides is 1. The first-order valence-electron chi connectivity index (χ1n) is 6.03. The third-order valence-corrected chi connectivity index (χ3v) is 2.78. The Morgan fingerprint density at radius 3 is 3.22 bits per heavy atom. The fourth-order valence-corrected chi connectivity index (χ4v) is 1.89. The van der Waals surface area contributed by atoms with Crippen LogP contribution in [0.4, 0.5) is 5.69 Å². The summed E-state index contributed by atoms with van der Waals surface area (Å²) in [6.45, 7) is 2.11. The molecule has 5 heteroatoms. The number of hydrogen-bond acceptors (Lipinski definition) is 4. The van der Waals surface area contributed by atoms with E-state index in [1.54, 1.807) is 13.2 Å². The van der Waals surface area contributed by atoms with Gasteiger partial charge in [-0.1, -0.05) is 6.07 Å². The van der Waals surface area contributed by atoms with Crippen LogP contribution in [0.3, 0.4) is 0 Å². The first kappa shape index (κ1) is 12.9. The van der Waals surface area contributed by atoms with Crippen molar-refractivity contribution in [2.45, 2.75) is 12.5 Å². The van der Waals surface area contributed by atoms with Crippen molar-refractivity contribution < 1.29 is 14.3 Å². The Bertz CT molecular complexity index is 403. The topological polar surface area (TPSA) is 59.6 Å². The lowest BCUT2D eigenvalue weighted by Crippen LogP contribution is -2.43. The van der Waals surface area contributed by atoms with Crippen LogP contribution in [0.1, 0.15) is 6.42 Å². The average Bonchev–Trinajstić information content (AvgIpc) is 2.40. The van der Waals surface area contributed by atoms with Crippen LogP contribution in [-0.4, -0.2) is 38.8 Å². The highest BCUT2D eigenvalue weighted by atomic mass is 16.5. The highest BCUT2D eigenvalue weighted by molar-refractivity contribution is 5.91. The fraction of sp³-hybridized carbons (Fsp3) is 0.462. The summed E-state index contributed by atoms with van der Waals surface area (Å²) in [4.78, 5) is 11.8. The first-order valence-corrected chi connectivity index (χ1v) is 6.03. The SMILES string of the molecule is COc1cccc(NC(=O)CC2COCCN2)c1. The number of benzene rings is 1. The van der Waals surface area contributed by atoms with E-state index in [0.717, 1.165) is 18.0 Å². The molecular formula is C13H18N2O3. The van der Waals surface area contributed by atoms with Crippen LogP contribution in [0.2, 0.25) is 0 Å². The molecule has 1 aromatic rings. The van der Waals surface area contributed by atoms with Crippen LogP contribution < -0.4 is 15.4 Å². The van der Waals surface area contributed by atoms with Gasteiger partial charge < -0.3 is 20.1 Å². The number of methoxy groups -OCH3 is 1. The molecule has 2 N–H and O–H groups in total. The molecule has 1 fully saturated rings. The Hall–Kier alpha value is -1.59. The van der Waals surface area contributed by atoms with Crippen molar-refractivity contribution in [3.8, 4) is 5.75 Å². The zero-order chi connectivity index (χ0) is 12.8. The monoisotopic (exact) mass is 250 g/mol. The Labute approximate surface area is 106 Å². The summed E-state index contributed by atoms with van der Waals surface area (Å²) in [7, 11) is 1.60. The van der Waals surface area contributed by atoms with Gasteiger partial charge in [0.15, 0.2) is 0 Å². The molecule has 0 aliphatic carbocycles. The molecule has 0 bridgehead atoms. The number of anilines is 1. The third-order valence-electron chi connectivity index (χ3n) is 2.78. The van der Waals surface area contributed by atoms with E-state index in [4.69, 9.17) is 9.47 Å². The summed E-state index contributed by atoms with van der Waals surface area (Å²) in [5.74, 6) is 0.707. The van der Waals surface area contributed by atoms with Crippen LogP contribution in [0.25, 0.3) is 0 Å². The molecule has 0 aromatic heterocycles. The Morgan fingerprint density at radius 2 is 2.50 bits per heavy atom. The van der Waals surface area contributed by atoms with Crippen LogP contribution in [0.15, 0.2) is 24.3 Å². The van der Waals surface area contributed by atoms with Crippen molar-refractivity contribution in [2.75, 3.05) is 32.2 Å². The standard InChI is InChI=1S/C13H18N2O3/c1-17-12-4-2-3-10(7-12)15-13(16)8-11-9-18-6-5-14-11/h2-4,7,11,14H,5-6,8-9H2,1H3,(H,15,16). The summed E-state index contributed by atoms with van der Waals surface area (Å²) in [6, 6.07) is 7.42. The summed E-state index contributed by atoms with van der Waals surface area (Å²) in [5, 5.41) is 6.10. The van der Waals surface area contributed by atoms with E-state index in [0.29, 0.717) is 19.6 Å². The van der Waals surface area contributed by atoms with Crippen LogP contribution in [0.5, 0.6) is 5.75 Å². The molecule has 0 spiro atoms. The molecule has 1 heterocycles. The molecule has 1 aliphatic heterocycles. The molecule has 1 atom stereocenters. The lowest BCUT2D eigenvalue weighted by Gasteiger charge is -2.23. The van der Waals surface area contributed by atoms with Gasteiger partial charge in [-0.05, 0) is 12.1 Å². The normalized spacial score (nSPS) is 19.3. The minimum absolute atomic E-state index is 0.0220. The fourth-order valence-electron chi connectivity index (χ4n) is 1.89. The predicted octanol–water partition coefficient (Wildman–Crippen LogP) is 1.01. The lowest BCUT2D eigenvalue weighted by molar-refractivity contribution is -0.117. The van der Waals surface area contributed by atoms with E-state index in [9.17, 15) is 4.79 Å². The van der Waals surface area contributed by atoms with Gasteiger partial charge in [-0.25, -0.2) is 0 Å². The largest absolute Gasteiger partial charge is 0.497 e. The second-order valence-electron chi connectivity index (χ2n) is 4.21. The highest BCUT2D eigenvalue weighted by Crippen LogP contribution is 2.17. The molecule has 5 nitrogen and oxygen atoms in total. The molecule has 0 radical (unpaired) electrons.